The van der Waals surface area contributed by atoms with Crippen LogP contribution in [0.5, 0.6) is 0 Å². The van der Waals surface area contributed by atoms with Crippen LogP contribution in [0.25, 0.3) is 0 Å². The highest BCUT2D eigenvalue weighted by molar-refractivity contribution is 7.99. The molecule has 1 spiro atoms. The van der Waals surface area contributed by atoms with Gasteiger partial charge < -0.3 is 10.2 Å². The van der Waals surface area contributed by atoms with E-state index in [1.54, 1.807) is 0 Å². The molecule has 0 bridgehead atoms. The van der Waals surface area contributed by atoms with Gasteiger partial charge in [0.15, 0.2) is 0 Å². The van der Waals surface area contributed by atoms with Gasteiger partial charge in [-0.25, -0.2) is 0 Å². The normalized spacial score (nSPS) is 37.2. The summed E-state index contributed by atoms with van der Waals surface area (Å²) >= 11 is 1.97. The molecule has 3 nitrogen and oxygen atoms in total. The van der Waals surface area contributed by atoms with Crippen molar-refractivity contribution in [2.75, 3.05) is 37.7 Å². The van der Waals surface area contributed by atoms with Crippen LogP contribution in [0, 0.1) is 11.3 Å². The third kappa shape index (κ3) is 2.07. The summed E-state index contributed by atoms with van der Waals surface area (Å²) in [6.07, 6.45) is 2.36. The van der Waals surface area contributed by atoms with Gasteiger partial charge in [0, 0.05) is 37.1 Å². The molecule has 16 heavy (non-hydrogen) atoms. The molecule has 3 rings (SSSR count). The average Bonchev–Trinajstić information content (AvgIpc) is 2.77. The van der Waals surface area contributed by atoms with Crippen molar-refractivity contribution in [3.63, 3.8) is 0 Å². The molecular formula is C11H19ClN2OS. The molecule has 1 aliphatic carbocycles. The maximum Gasteiger partial charge on any atom is 0.226 e. The summed E-state index contributed by atoms with van der Waals surface area (Å²) in [6.45, 7) is 4.14. The minimum atomic E-state index is 0. The van der Waals surface area contributed by atoms with Gasteiger partial charge in [-0.15, -0.1) is 12.4 Å². The highest BCUT2D eigenvalue weighted by Crippen LogP contribution is 2.57. The number of nitrogens with zero attached hydrogens (tertiary/aromatic N) is 1. The molecule has 0 aromatic carbocycles. The standard InChI is InChI=1S/C11H18N2OS.ClH/c14-10(13-3-5-15-6-4-13)9-7-11(9)1-2-12-8-11;/h9,12H,1-8H2;1H. The van der Waals surface area contributed by atoms with Crippen LogP contribution < -0.4 is 5.32 Å². The summed E-state index contributed by atoms with van der Waals surface area (Å²) in [7, 11) is 0. The zero-order valence-corrected chi connectivity index (χ0v) is 11.0. The maximum atomic E-state index is 12.2. The second-order valence-electron chi connectivity index (χ2n) is 4.98. The highest BCUT2D eigenvalue weighted by Gasteiger charge is 2.59. The van der Waals surface area contributed by atoms with E-state index in [0.717, 1.165) is 44.1 Å². The molecule has 0 radical (unpaired) electrons. The molecule has 0 aromatic rings. The van der Waals surface area contributed by atoms with Gasteiger partial charge in [0.05, 0.1) is 0 Å². The van der Waals surface area contributed by atoms with Gasteiger partial charge in [-0.1, -0.05) is 0 Å². The number of halogens is 1. The van der Waals surface area contributed by atoms with Gasteiger partial charge in [-0.2, -0.15) is 11.8 Å². The van der Waals surface area contributed by atoms with Crippen molar-refractivity contribution in [1.82, 2.24) is 10.2 Å². The molecule has 2 aliphatic heterocycles. The van der Waals surface area contributed by atoms with Gasteiger partial charge in [-0.05, 0) is 24.8 Å². The van der Waals surface area contributed by atoms with Crippen molar-refractivity contribution in [3.8, 4) is 0 Å². The number of hydrogen-bond acceptors (Lipinski definition) is 3. The Morgan fingerprint density at radius 3 is 2.75 bits per heavy atom. The number of carbonyl (C=O) groups excluding carboxylic acids is 1. The summed E-state index contributed by atoms with van der Waals surface area (Å²) in [4.78, 5) is 14.3. The first-order chi connectivity index (χ1) is 7.32. The van der Waals surface area contributed by atoms with E-state index in [0.29, 0.717) is 17.2 Å². The van der Waals surface area contributed by atoms with E-state index < -0.39 is 0 Å². The zero-order valence-electron chi connectivity index (χ0n) is 9.41. The summed E-state index contributed by atoms with van der Waals surface area (Å²) in [5, 5.41) is 3.39. The third-order valence-corrected chi connectivity index (χ3v) is 5.03. The molecule has 92 valence electrons. The Labute approximate surface area is 107 Å². The lowest BCUT2D eigenvalue weighted by Gasteiger charge is -2.27. The molecule has 3 fully saturated rings. The van der Waals surface area contributed by atoms with E-state index in [1.165, 1.54) is 6.42 Å². The fourth-order valence-electron chi connectivity index (χ4n) is 2.94. The Hall–Kier alpha value is 0.0700. The molecule has 0 aromatic heterocycles. The number of carbonyl (C=O) groups is 1. The topological polar surface area (TPSA) is 32.3 Å². The minimum absolute atomic E-state index is 0. The number of thioether (sulfide) groups is 1. The van der Waals surface area contributed by atoms with Crippen LogP contribution in [0.3, 0.4) is 0 Å². The average molecular weight is 263 g/mol. The Morgan fingerprint density at radius 1 is 1.38 bits per heavy atom. The molecule has 2 unspecified atom stereocenters. The van der Waals surface area contributed by atoms with Crippen molar-refractivity contribution < 1.29 is 4.79 Å². The molecular weight excluding hydrogens is 244 g/mol. The largest absolute Gasteiger partial charge is 0.341 e. The van der Waals surface area contributed by atoms with Crippen molar-refractivity contribution in [2.24, 2.45) is 11.3 Å². The van der Waals surface area contributed by atoms with E-state index >= 15 is 0 Å². The van der Waals surface area contributed by atoms with Crippen molar-refractivity contribution in [2.45, 2.75) is 12.8 Å². The van der Waals surface area contributed by atoms with Gasteiger partial charge in [-0.3, -0.25) is 4.79 Å². The summed E-state index contributed by atoms with van der Waals surface area (Å²) in [5.41, 5.74) is 0.377. The Bertz CT molecular complexity index is 275. The number of hydrogen-bond donors (Lipinski definition) is 1. The van der Waals surface area contributed by atoms with Gasteiger partial charge in [0.1, 0.15) is 0 Å². The minimum Gasteiger partial charge on any atom is -0.341 e. The van der Waals surface area contributed by atoms with E-state index in [2.05, 4.69) is 10.2 Å². The van der Waals surface area contributed by atoms with Gasteiger partial charge in [0.25, 0.3) is 0 Å². The van der Waals surface area contributed by atoms with E-state index in [1.807, 2.05) is 11.8 Å². The summed E-state index contributed by atoms with van der Waals surface area (Å²) < 4.78 is 0. The number of rotatable bonds is 1. The lowest BCUT2D eigenvalue weighted by Crippen LogP contribution is -2.40. The van der Waals surface area contributed by atoms with Crippen LogP contribution >= 0.6 is 24.2 Å². The van der Waals surface area contributed by atoms with Crippen molar-refractivity contribution in [1.29, 1.82) is 0 Å². The molecule has 2 heterocycles. The molecule has 1 amide bonds. The molecule has 5 heteroatoms. The van der Waals surface area contributed by atoms with E-state index in [4.69, 9.17) is 0 Å². The van der Waals surface area contributed by atoms with E-state index in [9.17, 15) is 4.79 Å². The second kappa shape index (κ2) is 4.75. The van der Waals surface area contributed by atoms with Crippen molar-refractivity contribution in [3.05, 3.63) is 0 Å². The Kier molecular flexibility index (Phi) is 3.72. The maximum absolute atomic E-state index is 12.2. The smallest absolute Gasteiger partial charge is 0.226 e. The quantitative estimate of drug-likeness (QED) is 0.765. The first kappa shape index (κ1) is 12.5. The van der Waals surface area contributed by atoms with Crippen LogP contribution in [0.4, 0.5) is 0 Å². The first-order valence-electron chi connectivity index (χ1n) is 5.89. The Morgan fingerprint density at radius 2 is 2.12 bits per heavy atom. The number of nitrogens with one attached hydrogen (secondary N) is 1. The van der Waals surface area contributed by atoms with Crippen LogP contribution in [0.2, 0.25) is 0 Å². The molecule has 1 saturated carbocycles. The first-order valence-corrected chi connectivity index (χ1v) is 7.05. The molecule has 3 aliphatic rings. The predicted molar refractivity (Wildman–Crippen MR) is 69.2 cm³/mol. The van der Waals surface area contributed by atoms with Gasteiger partial charge >= 0.3 is 0 Å². The zero-order chi connectivity index (χ0) is 10.3. The molecule has 2 atom stereocenters. The van der Waals surface area contributed by atoms with Crippen LogP contribution in [-0.2, 0) is 4.79 Å². The van der Waals surface area contributed by atoms with Crippen LogP contribution in [-0.4, -0.2) is 48.5 Å². The number of amides is 1. The summed E-state index contributed by atoms with van der Waals surface area (Å²) in [6, 6.07) is 0. The van der Waals surface area contributed by atoms with Crippen molar-refractivity contribution >= 4 is 30.1 Å². The molecule has 1 N–H and O–H groups in total. The van der Waals surface area contributed by atoms with Crippen LogP contribution in [0.15, 0.2) is 0 Å². The highest BCUT2D eigenvalue weighted by atomic mass is 35.5. The second-order valence-corrected chi connectivity index (χ2v) is 6.21. The predicted octanol–water partition coefficient (Wildman–Crippen LogP) is 0.983. The lowest BCUT2D eigenvalue weighted by atomic mass is 10.0. The fourth-order valence-corrected chi connectivity index (χ4v) is 3.84. The summed E-state index contributed by atoms with van der Waals surface area (Å²) in [5.74, 6) is 3.06. The third-order valence-electron chi connectivity index (χ3n) is 4.09. The fraction of sp³-hybridized carbons (Fsp3) is 0.909. The van der Waals surface area contributed by atoms with Gasteiger partial charge in [0.2, 0.25) is 5.91 Å². The lowest BCUT2D eigenvalue weighted by molar-refractivity contribution is -0.133. The Balaban J connectivity index is 0.000000963. The monoisotopic (exact) mass is 262 g/mol. The van der Waals surface area contributed by atoms with Crippen LogP contribution in [0.1, 0.15) is 12.8 Å². The van der Waals surface area contributed by atoms with E-state index in [-0.39, 0.29) is 12.4 Å². The SMILES string of the molecule is Cl.O=C(C1CC12CCNC2)N1CCSCC1. The molecule has 2 saturated heterocycles.